The van der Waals surface area contributed by atoms with E-state index in [-0.39, 0.29) is 0 Å². The Morgan fingerprint density at radius 2 is 1.75 bits per heavy atom. The third-order valence-corrected chi connectivity index (χ3v) is 5.02. The molecule has 1 aromatic rings. The zero-order valence-corrected chi connectivity index (χ0v) is 17.0. The normalized spacial score (nSPS) is 13.2. The fraction of sp³-hybridized carbons (Fsp3) is 0.700. The smallest absolute Gasteiger partial charge is 0.0176 e. The molecule has 0 saturated carbocycles. The van der Waals surface area contributed by atoms with Crippen molar-refractivity contribution in [3.8, 4) is 0 Å². The number of thioether (sulfide) groups is 1. The highest BCUT2D eigenvalue weighted by Gasteiger charge is 2.12. The Morgan fingerprint density at radius 3 is 2.38 bits per heavy atom. The number of nitrogens with one attached hydrogen (secondary N) is 2. The van der Waals surface area contributed by atoms with Gasteiger partial charge in [0.05, 0.1) is 0 Å². The van der Waals surface area contributed by atoms with Gasteiger partial charge in [0.1, 0.15) is 0 Å². The van der Waals surface area contributed by atoms with E-state index in [9.17, 15) is 0 Å². The first-order chi connectivity index (χ1) is 11.5. The largest absolute Gasteiger partial charge is 0.315 e. The number of hydrogen-bond donors (Lipinski definition) is 2. The van der Waals surface area contributed by atoms with Crippen LogP contribution in [0.2, 0.25) is 0 Å². The molecule has 0 amide bonds. The molecule has 3 nitrogen and oxygen atoms in total. The lowest BCUT2D eigenvalue weighted by molar-refractivity contribution is 0.304. The van der Waals surface area contributed by atoms with Gasteiger partial charge in [0, 0.05) is 35.8 Å². The minimum atomic E-state index is 0.532. The quantitative estimate of drug-likeness (QED) is 0.418. The fourth-order valence-corrected chi connectivity index (χ4v) is 3.55. The van der Waals surface area contributed by atoms with Crippen LogP contribution in [0.5, 0.6) is 0 Å². The molecule has 0 spiro atoms. The maximum Gasteiger partial charge on any atom is 0.0176 e. The van der Waals surface area contributed by atoms with E-state index in [1.54, 1.807) is 0 Å². The summed E-state index contributed by atoms with van der Waals surface area (Å²) in [7, 11) is 2.23. The van der Waals surface area contributed by atoms with E-state index in [4.69, 9.17) is 0 Å². The van der Waals surface area contributed by atoms with Gasteiger partial charge in [0.25, 0.3) is 0 Å². The average Bonchev–Trinajstić information content (AvgIpc) is 2.54. The minimum absolute atomic E-state index is 0.532. The molecule has 0 aromatic heterocycles. The predicted octanol–water partition coefficient (Wildman–Crippen LogP) is 3.71. The van der Waals surface area contributed by atoms with Crippen molar-refractivity contribution >= 4 is 11.8 Å². The van der Waals surface area contributed by atoms with Gasteiger partial charge < -0.3 is 15.5 Å². The van der Waals surface area contributed by atoms with Gasteiger partial charge >= 0.3 is 0 Å². The summed E-state index contributed by atoms with van der Waals surface area (Å²) in [6.45, 7) is 13.4. The van der Waals surface area contributed by atoms with E-state index in [0.717, 1.165) is 37.8 Å². The SMILES string of the molecule is CC(C)CNCCN(C)CCC(CSc1ccccc1)NC(C)C. The number of likely N-dealkylation sites (N-methyl/N-ethyl adjacent to an activating group) is 1. The lowest BCUT2D eigenvalue weighted by Crippen LogP contribution is -2.40. The summed E-state index contributed by atoms with van der Waals surface area (Å²) >= 11 is 1.95. The third-order valence-electron chi connectivity index (χ3n) is 3.85. The van der Waals surface area contributed by atoms with E-state index >= 15 is 0 Å². The van der Waals surface area contributed by atoms with E-state index in [0.29, 0.717) is 12.1 Å². The molecule has 0 bridgehead atoms. The number of benzene rings is 1. The first-order valence-electron chi connectivity index (χ1n) is 9.30. The van der Waals surface area contributed by atoms with Gasteiger partial charge in [-0.15, -0.1) is 11.8 Å². The maximum absolute atomic E-state index is 3.72. The summed E-state index contributed by atoms with van der Waals surface area (Å²) in [5.41, 5.74) is 0. The van der Waals surface area contributed by atoms with Crippen molar-refractivity contribution in [1.29, 1.82) is 0 Å². The van der Waals surface area contributed by atoms with Crippen molar-refractivity contribution in [2.45, 2.75) is 51.1 Å². The molecule has 2 N–H and O–H groups in total. The topological polar surface area (TPSA) is 27.3 Å². The van der Waals surface area contributed by atoms with Gasteiger partial charge in [-0.3, -0.25) is 0 Å². The van der Waals surface area contributed by atoms with Crippen LogP contribution in [0.25, 0.3) is 0 Å². The predicted molar refractivity (Wildman–Crippen MR) is 109 cm³/mol. The van der Waals surface area contributed by atoms with Crippen molar-refractivity contribution in [2.24, 2.45) is 5.92 Å². The molecule has 0 saturated heterocycles. The molecule has 0 aliphatic rings. The molecule has 1 unspecified atom stereocenters. The van der Waals surface area contributed by atoms with Crippen molar-refractivity contribution in [3.63, 3.8) is 0 Å². The Kier molecular flexibility index (Phi) is 11.4. The summed E-state index contributed by atoms with van der Waals surface area (Å²) < 4.78 is 0. The van der Waals surface area contributed by atoms with Crippen LogP contribution in [-0.4, -0.2) is 56.0 Å². The molecule has 0 radical (unpaired) electrons. The second-order valence-corrected chi connectivity index (χ2v) is 8.43. The molecule has 1 atom stereocenters. The van der Waals surface area contributed by atoms with E-state index in [1.807, 2.05) is 11.8 Å². The van der Waals surface area contributed by atoms with Gasteiger partial charge in [-0.1, -0.05) is 45.9 Å². The van der Waals surface area contributed by atoms with E-state index < -0.39 is 0 Å². The first kappa shape index (κ1) is 21.5. The van der Waals surface area contributed by atoms with E-state index in [2.05, 4.69) is 80.6 Å². The molecule has 24 heavy (non-hydrogen) atoms. The Morgan fingerprint density at radius 1 is 1.04 bits per heavy atom. The van der Waals surface area contributed by atoms with Crippen LogP contribution in [0.4, 0.5) is 0 Å². The summed E-state index contributed by atoms with van der Waals surface area (Å²) in [4.78, 5) is 3.80. The molecule has 1 rings (SSSR count). The van der Waals surface area contributed by atoms with Gasteiger partial charge in [0.2, 0.25) is 0 Å². The maximum atomic E-state index is 3.72. The molecular weight excluding hydrogens is 314 g/mol. The van der Waals surface area contributed by atoms with Gasteiger partial charge in [-0.2, -0.15) is 0 Å². The molecule has 0 heterocycles. The van der Waals surface area contributed by atoms with Gasteiger partial charge in [-0.05, 0) is 44.6 Å². The highest BCUT2D eigenvalue weighted by molar-refractivity contribution is 7.99. The Labute approximate surface area is 154 Å². The molecule has 138 valence electrons. The molecule has 4 heteroatoms. The summed E-state index contributed by atoms with van der Waals surface area (Å²) in [5.74, 6) is 1.85. The van der Waals surface area contributed by atoms with Crippen molar-refractivity contribution < 1.29 is 0 Å². The molecule has 0 aliphatic carbocycles. The summed E-state index contributed by atoms with van der Waals surface area (Å²) in [6.07, 6.45) is 1.19. The summed E-state index contributed by atoms with van der Waals surface area (Å²) in [5, 5.41) is 7.25. The molecule has 0 aliphatic heterocycles. The minimum Gasteiger partial charge on any atom is -0.315 e. The fourth-order valence-electron chi connectivity index (χ4n) is 2.55. The van der Waals surface area contributed by atoms with Crippen LogP contribution in [0.3, 0.4) is 0 Å². The second-order valence-electron chi connectivity index (χ2n) is 7.33. The van der Waals surface area contributed by atoms with Gasteiger partial charge in [0.15, 0.2) is 0 Å². The highest BCUT2D eigenvalue weighted by atomic mass is 32.2. The first-order valence-corrected chi connectivity index (χ1v) is 10.3. The second kappa shape index (κ2) is 12.8. The molecular formula is C20H37N3S. The van der Waals surface area contributed by atoms with E-state index in [1.165, 1.54) is 11.3 Å². The lowest BCUT2D eigenvalue weighted by Gasteiger charge is -2.24. The standard InChI is InChI=1S/C20H37N3S/c1-17(2)15-21-12-14-23(5)13-11-19(22-18(3)4)16-24-20-9-7-6-8-10-20/h6-10,17-19,21-22H,11-16H2,1-5H3. The summed E-state index contributed by atoms with van der Waals surface area (Å²) in [6, 6.07) is 11.8. The van der Waals surface area contributed by atoms with Gasteiger partial charge in [-0.25, -0.2) is 0 Å². The Bertz CT molecular complexity index is 409. The van der Waals surface area contributed by atoms with Crippen LogP contribution >= 0.6 is 11.8 Å². The monoisotopic (exact) mass is 351 g/mol. The Hall–Kier alpha value is -0.550. The Balaban J connectivity index is 2.28. The van der Waals surface area contributed by atoms with Crippen molar-refractivity contribution in [1.82, 2.24) is 15.5 Å². The number of rotatable bonds is 13. The lowest BCUT2D eigenvalue weighted by atomic mass is 10.2. The zero-order valence-electron chi connectivity index (χ0n) is 16.2. The number of hydrogen-bond acceptors (Lipinski definition) is 4. The molecule has 1 aromatic carbocycles. The average molecular weight is 352 g/mol. The van der Waals surface area contributed by atoms with Crippen LogP contribution in [0.15, 0.2) is 35.2 Å². The van der Waals surface area contributed by atoms with Crippen molar-refractivity contribution in [3.05, 3.63) is 30.3 Å². The third kappa shape index (κ3) is 11.1. The number of nitrogens with zero attached hydrogens (tertiary/aromatic N) is 1. The van der Waals surface area contributed by atoms with Crippen LogP contribution < -0.4 is 10.6 Å². The molecule has 0 fully saturated rings. The van der Waals surface area contributed by atoms with Crippen LogP contribution in [0.1, 0.15) is 34.1 Å². The van der Waals surface area contributed by atoms with Crippen LogP contribution in [0, 0.1) is 5.92 Å². The van der Waals surface area contributed by atoms with Crippen LogP contribution in [-0.2, 0) is 0 Å². The zero-order chi connectivity index (χ0) is 17.8. The highest BCUT2D eigenvalue weighted by Crippen LogP contribution is 2.19. The van der Waals surface area contributed by atoms with Crippen molar-refractivity contribution in [2.75, 3.05) is 39.0 Å².